The summed E-state index contributed by atoms with van der Waals surface area (Å²) in [6, 6.07) is 0. The van der Waals surface area contributed by atoms with Crippen molar-refractivity contribution in [3.63, 3.8) is 0 Å². The summed E-state index contributed by atoms with van der Waals surface area (Å²) in [7, 11) is 0. The second-order valence-corrected chi connectivity index (χ2v) is 2.72. The van der Waals surface area contributed by atoms with Crippen LogP contribution in [0.1, 0.15) is 17.6 Å². The Bertz CT molecular complexity index is 302. The molecule has 1 aromatic heterocycles. The van der Waals surface area contributed by atoms with Gasteiger partial charge in [0.2, 0.25) is 0 Å². The van der Waals surface area contributed by atoms with Gasteiger partial charge in [0, 0.05) is 11.8 Å². The number of nitrogens with zero attached hydrogens (tertiary/aromatic N) is 1. The summed E-state index contributed by atoms with van der Waals surface area (Å²) in [5.74, 6) is 0.0820. The summed E-state index contributed by atoms with van der Waals surface area (Å²) in [4.78, 5) is 3.53. The summed E-state index contributed by atoms with van der Waals surface area (Å²) in [5, 5.41) is 0.104. The lowest BCUT2D eigenvalue weighted by atomic mass is 10.1. The fraction of sp³-hybridized carbons (Fsp3) is 0.286. The highest BCUT2D eigenvalue weighted by Crippen LogP contribution is 2.29. The number of nitrogen functional groups attached to an aromatic ring is 1. The highest BCUT2D eigenvalue weighted by atomic mass is 35.5. The highest BCUT2D eigenvalue weighted by molar-refractivity contribution is 6.33. The quantitative estimate of drug-likeness (QED) is 0.743. The number of halogens is 3. The van der Waals surface area contributed by atoms with E-state index in [2.05, 4.69) is 4.98 Å². The van der Waals surface area contributed by atoms with Crippen LogP contribution in [0, 0.1) is 6.92 Å². The number of pyridine rings is 1. The van der Waals surface area contributed by atoms with Gasteiger partial charge in [-0.05, 0) is 12.5 Å². The number of rotatable bonds is 1. The summed E-state index contributed by atoms with van der Waals surface area (Å²) >= 11 is 5.61. The zero-order valence-corrected chi connectivity index (χ0v) is 7.07. The standard InChI is InChI=1S/C7H7ClF2N2/c1-3-4(6(9)10)2-12-7(11)5(3)8/h2,6H,1H3,(H2,11,12). The van der Waals surface area contributed by atoms with Crippen LogP contribution in [-0.4, -0.2) is 4.98 Å². The maximum atomic E-state index is 12.2. The second kappa shape index (κ2) is 3.23. The predicted molar refractivity (Wildman–Crippen MR) is 43.4 cm³/mol. The Balaban J connectivity index is 3.27. The van der Waals surface area contributed by atoms with Gasteiger partial charge < -0.3 is 5.73 Å². The number of hydrogen-bond donors (Lipinski definition) is 1. The van der Waals surface area contributed by atoms with E-state index in [9.17, 15) is 8.78 Å². The number of anilines is 1. The Hall–Kier alpha value is -0.900. The van der Waals surface area contributed by atoms with E-state index in [0.29, 0.717) is 5.56 Å². The lowest BCUT2D eigenvalue weighted by molar-refractivity contribution is 0.150. The van der Waals surface area contributed by atoms with Gasteiger partial charge in [0.25, 0.3) is 6.43 Å². The molecule has 0 fully saturated rings. The van der Waals surface area contributed by atoms with Crippen molar-refractivity contribution in [2.24, 2.45) is 0 Å². The van der Waals surface area contributed by atoms with Crippen LogP contribution in [0.15, 0.2) is 6.20 Å². The van der Waals surface area contributed by atoms with Crippen LogP contribution in [0.2, 0.25) is 5.02 Å². The van der Waals surface area contributed by atoms with Crippen molar-refractivity contribution < 1.29 is 8.78 Å². The Kier molecular flexibility index (Phi) is 2.47. The second-order valence-electron chi connectivity index (χ2n) is 2.34. The largest absolute Gasteiger partial charge is 0.382 e. The molecule has 66 valence electrons. The fourth-order valence-corrected chi connectivity index (χ4v) is 0.989. The topological polar surface area (TPSA) is 38.9 Å². The third kappa shape index (κ3) is 1.48. The molecule has 0 aliphatic rings. The molecule has 0 amide bonds. The molecule has 2 N–H and O–H groups in total. The molecule has 2 nitrogen and oxygen atoms in total. The number of hydrogen-bond acceptors (Lipinski definition) is 2. The van der Waals surface area contributed by atoms with Crippen molar-refractivity contribution in [3.05, 3.63) is 22.3 Å². The van der Waals surface area contributed by atoms with Crippen molar-refractivity contribution >= 4 is 17.4 Å². The molecular formula is C7H7ClF2N2. The molecule has 0 aliphatic heterocycles. The van der Waals surface area contributed by atoms with E-state index in [4.69, 9.17) is 17.3 Å². The van der Waals surface area contributed by atoms with Crippen LogP contribution in [0.25, 0.3) is 0 Å². The van der Waals surface area contributed by atoms with Gasteiger partial charge >= 0.3 is 0 Å². The Morgan fingerprint density at radius 1 is 1.58 bits per heavy atom. The van der Waals surface area contributed by atoms with E-state index in [1.807, 2.05) is 0 Å². The van der Waals surface area contributed by atoms with Crippen LogP contribution >= 0.6 is 11.6 Å². The zero-order valence-electron chi connectivity index (χ0n) is 6.31. The minimum absolute atomic E-state index is 0.0820. The van der Waals surface area contributed by atoms with Crippen molar-refractivity contribution in [2.45, 2.75) is 13.3 Å². The molecule has 0 radical (unpaired) electrons. The molecule has 1 aromatic rings. The van der Waals surface area contributed by atoms with Crippen LogP contribution < -0.4 is 5.73 Å². The van der Waals surface area contributed by atoms with Gasteiger partial charge in [-0.25, -0.2) is 13.8 Å². The van der Waals surface area contributed by atoms with Gasteiger partial charge in [-0.1, -0.05) is 11.6 Å². The van der Waals surface area contributed by atoms with Crippen molar-refractivity contribution in [3.8, 4) is 0 Å². The molecular weight excluding hydrogens is 186 g/mol. The smallest absolute Gasteiger partial charge is 0.265 e. The van der Waals surface area contributed by atoms with Crippen LogP contribution in [0.3, 0.4) is 0 Å². The van der Waals surface area contributed by atoms with E-state index in [1.165, 1.54) is 6.92 Å². The van der Waals surface area contributed by atoms with E-state index in [0.717, 1.165) is 6.20 Å². The maximum Gasteiger partial charge on any atom is 0.265 e. The fourth-order valence-electron chi connectivity index (χ4n) is 0.831. The maximum absolute atomic E-state index is 12.2. The van der Waals surface area contributed by atoms with Gasteiger partial charge in [-0.15, -0.1) is 0 Å². The molecule has 0 saturated heterocycles. The van der Waals surface area contributed by atoms with Crippen molar-refractivity contribution in [1.29, 1.82) is 0 Å². The predicted octanol–water partition coefficient (Wildman–Crippen LogP) is 2.56. The molecule has 1 heterocycles. The molecule has 0 atom stereocenters. The zero-order chi connectivity index (χ0) is 9.30. The molecule has 12 heavy (non-hydrogen) atoms. The molecule has 5 heteroatoms. The van der Waals surface area contributed by atoms with Gasteiger partial charge in [0.05, 0.1) is 5.02 Å². The Labute approximate surface area is 73.4 Å². The van der Waals surface area contributed by atoms with Crippen molar-refractivity contribution in [2.75, 3.05) is 5.73 Å². The van der Waals surface area contributed by atoms with Gasteiger partial charge in [0.1, 0.15) is 5.82 Å². The molecule has 1 rings (SSSR count). The Morgan fingerprint density at radius 2 is 2.17 bits per heavy atom. The summed E-state index contributed by atoms with van der Waals surface area (Å²) in [6.45, 7) is 1.49. The molecule has 0 spiro atoms. The average Bonchev–Trinajstić information content (AvgIpc) is 2.00. The first-order valence-corrected chi connectivity index (χ1v) is 3.60. The van der Waals surface area contributed by atoms with Crippen LogP contribution in [0.4, 0.5) is 14.6 Å². The first kappa shape index (κ1) is 9.19. The lowest BCUT2D eigenvalue weighted by Gasteiger charge is -2.06. The minimum Gasteiger partial charge on any atom is -0.382 e. The van der Waals surface area contributed by atoms with Crippen LogP contribution in [0.5, 0.6) is 0 Å². The van der Waals surface area contributed by atoms with E-state index >= 15 is 0 Å². The molecule has 0 aliphatic carbocycles. The monoisotopic (exact) mass is 192 g/mol. The summed E-state index contributed by atoms with van der Waals surface area (Å²) < 4.78 is 24.4. The lowest BCUT2D eigenvalue weighted by Crippen LogP contribution is -1.98. The van der Waals surface area contributed by atoms with E-state index < -0.39 is 6.43 Å². The minimum atomic E-state index is -2.56. The summed E-state index contributed by atoms with van der Waals surface area (Å²) in [6.07, 6.45) is -1.52. The van der Waals surface area contributed by atoms with Gasteiger partial charge in [-0.3, -0.25) is 0 Å². The highest BCUT2D eigenvalue weighted by Gasteiger charge is 2.14. The first-order valence-electron chi connectivity index (χ1n) is 3.22. The summed E-state index contributed by atoms with van der Waals surface area (Å²) in [5.41, 5.74) is 5.42. The third-order valence-corrected chi connectivity index (χ3v) is 2.04. The first-order chi connectivity index (χ1) is 5.54. The molecule has 0 unspecified atom stereocenters. The van der Waals surface area contributed by atoms with E-state index in [-0.39, 0.29) is 16.4 Å². The SMILES string of the molecule is Cc1c(C(F)F)cnc(N)c1Cl. The number of nitrogens with two attached hydrogens (primary N) is 1. The normalized spacial score (nSPS) is 10.8. The van der Waals surface area contributed by atoms with Crippen LogP contribution in [-0.2, 0) is 0 Å². The number of aromatic nitrogens is 1. The molecule has 0 saturated carbocycles. The Morgan fingerprint density at radius 3 is 2.67 bits per heavy atom. The van der Waals surface area contributed by atoms with Crippen molar-refractivity contribution in [1.82, 2.24) is 4.98 Å². The number of alkyl halides is 2. The molecule has 0 bridgehead atoms. The molecule has 0 aromatic carbocycles. The third-order valence-electron chi connectivity index (χ3n) is 1.56. The van der Waals surface area contributed by atoms with Gasteiger partial charge in [0.15, 0.2) is 0 Å². The van der Waals surface area contributed by atoms with E-state index in [1.54, 1.807) is 0 Å². The average molecular weight is 193 g/mol. The van der Waals surface area contributed by atoms with Gasteiger partial charge in [-0.2, -0.15) is 0 Å².